The van der Waals surface area contributed by atoms with Crippen LogP contribution in [0.4, 0.5) is 0 Å². The molecule has 4 heteroatoms. The van der Waals surface area contributed by atoms with Gasteiger partial charge in [-0.2, -0.15) is 12.6 Å². The van der Waals surface area contributed by atoms with Crippen molar-refractivity contribution in [3.63, 3.8) is 0 Å². The normalized spacial score (nSPS) is 29.7. The molecule has 1 rings (SSSR count). The minimum Gasteiger partial charge on any atom is -0.340 e. The Hall–Kier alpha value is -0.220. The maximum Gasteiger partial charge on any atom is 0.235 e. The van der Waals surface area contributed by atoms with Gasteiger partial charge in [0.1, 0.15) is 0 Å². The van der Waals surface area contributed by atoms with Crippen LogP contribution in [-0.2, 0) is 4.79 Å². The van der Waals surface area contributed by atoms with Crippen LogP contribution in [-0.4, -0.2) is 54.2 Å². The van der Waals surface area contributed by atoms with E-state index in [1.165, 1.54) is 0 Å². The summed E-state index contributed by atoms with van der Waals surface area (Å²) in [6.45, 7) is 5.74. The molecule has 0 aromatic rings. The van der Waals surface area contributed by atoms with Crippen LogP contribution in [0.25, 0.3) is 0 Å². The minimum absolute atomic E-state index is 0.157. The lowest BCUT2D eigenvalue weighted by atomic mass is 10.1. The van der Waals surface area contributed by atoms with E-state index >= 15 is 0 Å². The summed E-state index contributed by atoms with van der Waals surface area (Å²) in [5.74, 6) is 0.713. The molecular weight excluding hydrogens is 196 g/mol. The highest BCUT2D eigenvalue weighted by molar-refractivity contribution is 7.81. The average molecular weight is 216 g/mol. The molecule has 1 aliphatic heterocycles. The molecule has 1 amide bonds. The molecule has 0 bridgehead atoms. The molecule has 0 N–H and O–H groups in total. The number of likely N-dealkylation sites (tertiary alicyclic amines) is 1. The van der Waals surface area contributed by atoms with E-state index in [9.17, 15) is 4.79 Å². The van der Waals surface area contributed by atoms with Crippen LogP contribution >= 0.6 is 12.6 Å². The summed E-state index contributed by atoms with van der Waals surface area (Å²) in [5, 5.41) is -0.178. The van der Waals surface area contributed by atoms with Gasteiger partial charge in [0.2, 0.25) is 5.91 Å². The van der Waals surface area contributed by atoms with Crippen LogP contribution < -0.4 is 0 Å². The Morgan fingerprint density at radius 2 is 2.07 bits per heavy atom. The number of carbonyl (C=O) groups excluding carboxylic acids is 1. The van der Waals surface area contributed by atoms with Crippen molar-refractivity contribution in [2.45, 2.75) is 25.1 Å². The Morgan fingerprint density at radius 3 is 2.43 bits per heavy atom. The molecule has 82 valence electrons. The van der Waals surface area contributed by atoms with E-state index in [2.05, 4.69) is 38.5 Å². The number of likely N-dealkylation sites (N-methyl/N-ethyl adjacent to an activating group) is 1. The highest BCUT2D eigenvalue weighted by atomic mass is 32.1. The van der Waals surface area contributed by atoms with E-state index in [0.29, 0.717) is 12.0 Å². The zero-order chi connectivity index (χ0) is 10.9. The molecule has 0 radical (unpaired) electrons. The number of carbonyl (C=O) groups is 1. The molecule has 3 nitrogen and oxygen atoms in total. The van der Waals surface area contributed by atoms with Crippen molar-refractivity contribution >= 4 is 18.5 Å². The summed E-state index contributed by atoms with van der Waals surface area (Å²) < 4.78 is 0. The number of nitrogens with zero attached hydrogens (tertiary/aromatic N) is 2. The average Bonchev–Trinajstić information content (AvgIpc) is 2.45. The predicted octanol–water partition coefficient (Wildman–Crippen LogP) is 0.713. The fourth-order valence-electron chi connectivity index (χ4n) is 2.07. The highest BCUT2D eigenvalue weighted by Gasteiger charge is 2.34. The molecule has 0 saturated carbocycles. The first-order chi connectivity index (χ1) is 6.43. The van der Waals surface area contributed by atoms with E-state index in [1.54, 1.807) is 0 Å². The van der Waals surface area contributed by atoms with Crippen LogP contribution in [0, 0.1) is 5.92 Å². The van der Waals surface area contributed by atoms with E-state index in [4.69, 9.17) is 0 Å². The lowest BCUT2D eigenvalue weighted by Crippen LogP contribution is -2.37. The summed E-state index contributed by atoms with van der Waals surface area (Å²) in [4.78, 5) is 15.8. The first-order valence-corrected chi connectivity index (χ1v) is 5.58. The molecule has 0 aromatic heterocycles. The van der Waals surface area contributed by atoms with E-state index in [1.807, 2.05) is 11.8 Å². The minimum atomic E-state index is -0.178. The maximum absolute atomic E-state index is 11.7. The molecule has 1 saturated heterocycles. The number of amides is 1. The lowest BCUT2D eigenvalue weighted by molar-refractivity contribution is -0.129. The summed E-state index contributed by atoms with van der Waals surface area (Å²) >= 11 is 4.17. The quantitative estimate of drug-likeness (QED) is 0.687. The van der Waals surface area contributed by atoms with Gasteiger partial charge in [-0.1, -0.05) is 6.92 Å². The zero-order valence-corrected chi connectivity index (χ0v) is 10.3. The van der Waals surface area contributed by atoms with Crippen molar-refractivity contribution in [1.82, 2.24) is 9.80 Å². The van der Waals surface area contributed by atoms with Gasteiger partial charge in [-0.05, 0) is 26.9 Å². The number of hydrogen-bond donors (Lipinski definition) is 1. The third-order valence-electron chi connectivity index (χ3n) is 2.91. The standard InChI is InChI=1S/C10H20N2OS/c1-7-5-12(10(13)8(2)14)6-9(7)11(3)4/h7-9,14H,5-6H2,1-4H3. The molecule has 1 aliphatic rings. The van der Waals surface area contributed by atoms with Crippen LogP contribution in [0.15, 0.2) is 0 Å². The van der Waals surface area contributed by atoms with Gasteiger partial charge in [0.25, 0.3) is 0 Å². The van der Waals surface area contributed by atoms with E-state index in [0.717, 1.165) is 13.1 Å². The first-order valence-electron chi connectivity index (χ1n) is 5.06. The second-order valence-electron chi connectivity index (χ2n) is 4.43. The Kier molecular flexibility index (Phi) is 3.84. The van der Waals surface area contributed by atoms with Gasteiger partial charge in [0.15, 0.2) is 0 Å². The van der Waals surface area contributed by atoms with E-state index in [-0.39, 0.29) is 11.2 Å². The Labute approximate surface area is 91.9 Å². The monoisotopic (exact) mass is 216 g/mol. The zero-order valence-electron chi connectivity index (χ0n) is 9.40. The molecule has 3 atom stereocenters. The van der Waals surface area contributed by atoms with Gasteiger partial charge < -0.3 is 9.80 Å². The predicted molar refractivity (Wildman–Crippen MR) is 61.7 cm³/mol. The molecule has 1 fully saturated rings. The summed E-state index contributed by atoms with van der Waals surface area (Å²) in [5.41, 5.74) is 0. The van der Waals surface area contributed by atoms with Gasteiger partial charge in [0, 0.05) is 19.1 Å². The number of hydrogen-bond acceptors (Lipinski definition) is 3. The lowest BCUT2D eigenvalue weighted by Gasteiger charge is -2.22. The SMILES string of the molecule is CC(S)C(=O)N1CC(C)C(N(C)C)C1. The topological polar surface area (TPSA) is 23.6 Å². The van der Waals surface area contributed by atoms with Crippen molar-refractivity contribution < 1.29 is 4.79 Å². The van der Waals surface area contributed by atoms with Gasteiger partial charge in [-0.15, -0.1) is 0 Å². The van der Waals surface area contributed by atoms with E-state index < -0.39 is 0 Å². The third kappa shape index (κ3) is 2.42. The first kappa shape index (κ1) is 11.9. The smallest absolute Gasteiger partial charge is 0.235 e. The van der Waals surface area contributed by atoms with Crippen molar-refractivity contribution in [2.24, 2.45) is 5.92 Å². The van der Waals surface area contributed by atoms with Gasteiger partial charge in [-0.25, -0.2) is 0 Å². The van der Waals surface area contributed by atoms with Crippen LogP contribution in [0.1, 0.15) is 13.8 Å². The molecule has 3 unspecified atom stereocenters. The van der Waals surface area contributed by atoms with Gasteiger partial charge in [-0.3, -0.25) is 4.79 Å². The summed E-state index contributed by atoms with van der Waals surface area (Å²) in [6.07, 6.45) is 0. The molecule has 0 spiro atoms. The summed E-state index contributed by atoms with van der Waals surface area (Å²) in [7, 11) is 4.14. The molecule has 0 aliphatic carbocycles. The second kappa shape index (κ2) is 4.53. The summed E-state index contributed by atoms with van der Waals surface area (Å²) in [6, 6.07) is 0.492. The fraction of sp³-hybridized carbons (Fsp3) is 0.900. The van der Waals surface area contributed by atoms with Crippen molar-refractivity contribution in [3.8, 4) is 0 Å². The van der Waals surface area contributed by atoms with Crippen LogP contribution in [0.3, 0.4) is 0 Å². The number of rotatable bonds is 2. The Balaban J connectivity index is 2.59. The van der Waals surface area contributed by atoms with Gasteiger partial charge >= 0.3 is 0 Å². The highest BCUT2D eigenvalue weighted by Crippen LogP contribution is 2.21. The molecule has 14 heavy (non-hydrogen) atoms. The fourth-order valence-corrected chi connectivity index (χ4v) is 2.23. The van der Waals surface area contributed by atoms with Gasteiger partial charge in [0.05, 0.1) is 5.25 Å². The van der Waals surface area contributed by atoms with Crippen molar-refractivity contribution in [1.29, 1.82) is 0 Å². The molecule has 0 aromatic carbocycles. The second-order valence-corrected chi connectivity index (χ2v) is 5.20. The van der Waals surface area contributed by atoms with Crippen LogP contribution in [0.2, 0.25) is 0 Å². The number of thiol groups is 1. The molecular formula is C10H20N2OS. The van der Waals surface area contributed by atoms with Crippen LogP contribution in [0.5, 0.6) is 0 Å². The van der Waals surface area contributed by atoms with Crippen molar-refractivity contribution in [2.75, 3.05) is 27.2 Å². The Bertz CT molecular complexity index is 218. The largest absolute Gasteiger partial charge is 0.340 e. The third-order valence-corrected chi connectivity index (χ3v) is 3.13. The Morgan fingerprint density at radius 1 is 1.50 bits per heavy atom. The maximum atomic E-state index is 11.7. The molecule has 1 heterocycles. The van der Waals surface area contributed by atoms with Crippen molar-refractivity contribution in [3.05, 3.63) is 0 Å².